The Labute approximate surface area is 258 Å². The Hall–Kier alpha value is -4.79. The van der Waals surface area contributed by atoms with Crippen molar-refractivity contribution in [3.63, 3.8) is 0 Å². The molecule has 0 amide bonds. The third-order valence-corrected chi connectivity index (χ3v) is 8.60. The lowest BCUT2D eigenvalue weighted by atomic mass is 9.91. The van der Waals surface area contributed by atoms with Crippen LogP contribution in [0.25, 0.3) is 16.9 Å². The average molecular weight is 580 g/mol. The van der Waals surface area contributed by atoms with Crippen LogP contribution < -0.4 is 4.74 Å². The molecule has 0 aromatic heterocycles. The first-order valence-electron chi connectivity index (χ1n) is 14.8. The highest BCUT2D eigenvalue weighted by molar-refractivity contribution is 6.32. The molecule has 0 saturated heterocycles. The van der Waals surface area contributed by atoms with Crippen LogP contribution in [0.5, 0.6) is 11.5 Å². The van der Waals surface area contributed by atoms with E-state index in [1.165, 1.54) is 16.7 Å². The molecule has 2 aliphatic heterocycles. The van der Waals surface area contributed by atoms with Gasteiger partial charge in [-0.3, -0.25) is 0 Å². The van der Waals surface area contributed by atoms with Crippen molar-refractivity contribution < 1.29 is 9.47 Å². The van der Waals surface area contributed by atoms with Gasteiger partial charge in [-0.05, 0) is 71.9 Å². The van der Waals surface area contributed by atoms with Crippen molar-refractivity contribution in [1.29, 1.82) is 0 Å². The SMILES string of the molecule is ClC1=C(/C=C/C2=CC(c3ccccc3)[OH+]c3ccccc32)CCC/C1=C\C=C1\C=C(c2ccccc2)Oc2ccccc21. The van der Waals surface area contributed by atoms with Crippen LogP contribution in [0.3, 0.4) is 0 Å². The number of aliphatic hydroxyl groups is 1. The minimum atomic E-state index is -0.00942. The zero-order valence-corrected chi connectivity index (χ0v) is 24.5. The molecule has 2 heterocycles. The summed E-state index contributed by atoms with van der Waals surface area (Å²) >= 11 is 7.09. The first-order chi connectivity index (χ1) is 21.2. The summed E-state index contributed by atoms with van der Waals surface area (Å²) in [5, 5.41) is 0.848. The van der Waals surface area contributed by atoms with Crippen LogP contribution in [0.15, 0.2) is 162 Å². The van der Waals surface area contributed by atoms with Gasteiger partial charge in [0, 0.05) is 33.9 Å². The molecule has 7 rings (SSSR count). The number of hydrogen-bond acceptors (Lipinski definition) is 1. The lowest BCUT2D eigenvalue weighted by Gasteiger charge is -2.22. The fourth-order valence-corrected chi connectivity index (χ4v) is 6.19. The highest BCUT2D eigenvalue weighted by atomic mass is 35.5. The fourth-order valence-electron chi connectivity index (χ4n) is 5.88. The predicted octanol–water partition coefficient (Wildman–Crippen LogP) is 10.7. The number of halogens is 1. The number of benzene rings is 4. The van der Waals surface area contributed by atoms with Crippen LogP contribution >= 0.6 is 11.6 Å². The molecule has 1 aliphatic carbocycles. The van der Waals surface area contributed by atoms with Gasteiger partial charge in [0.05, 0.1) is 5.56 Å². The average Bonchev–Trinajstić information content (AvgIpc) is 3.07. The molecule has 3 aliphatic rings. The standard InChI is InChI=1S/C40H31ClO2/c41-40-30(22-24-32-26-38(28-12-3-1-4-13-28)42-36-20-9-7-18-34(32)36)16-11-17-31(40)23-25-33-27-39(29-14-5-2-6-15-29)43-37-21-10-8-19-35(33)37/h1-10,12-15,18-27,38H,11,16-17H2/p+1/b24-22+,31-23+,33-25-. The molecule has 2 nitrogen and oxygen atoms in total. The Morgan fingerprint density at radius 2 is 1.44 bits per heavy atom. The maximum Gasteiger partial charge on any atom is 0.263 e. The van der Waals surface area contributed by atoms with Crippen LogP contribution in [0.2, 0.25) is 0 Å². The van der Waals surface area contributed by atoms with Crippen molar-refractivity contribution in [2.45, 2.75) is 25.4 Å². The Morgan fingerprint density at radius 3 is 2.28 bits per heavy atom. The molecule has 0 bridgehead atoms. The van der Waals surface area contributed by atoms with Crippen molar-refractivity contribution in [1.82, 2.24) is 0 Å². The quantitative estimate of drug-likeness (QED) is 0.215. The summed E-state index contributed by atoms with van der Waals surface area (Å²) in [7, 11) is 0. The first kappa shape index (κ1) is 27.1. The van der Waals surface area contributed by atoms with E-state index in [9.17, 15) is 0 Å². The third kappa shape index (κ3) is 5.80. The molecular formula is C40H32ClO2+. The molecule has 43 heavy (non-hydrogen) atoms. The maximum atomic E-state index is 7.09. The zero-order chi connectivity index (χ0) is 29.0. The summed E-state index contributed by atoms with van der Waals surface area (Å²) in [5.41, 5.74) is 9.09. The van der Waals surface area contributed by atoms with Gasteiger partial charge >= 0.3 is 0 Å². The van der Waals surface area contributed by atoms with Gasteiger partial charge in [0.25, 0.3) is 5.75 Å². The molecule has 1 atom stereocenters. The summed E-state index contributed by atoms with van der Waals surface area (Å²) in [6.45, 7) is 0. The summed E-state index contributed by atoms with van der Waals surface area (Å²) < 4.78 is 11.3. The van der Waals surface area contributed by atoms with Crippen LogP contribution in [-0.2, 0) is 0 Å². The maximum absolute atomic E-state index is 7.09. The van der Waals surface area contributed by atoms with Gasteiger partial charge in [0.15, 0.2) is 0 Å². The topological polar surface area (TPSA) is 22.0 Å². The minimum Gasteiger partial charge on any atom is -0.574 e. The van der Waals surface area contributed by atoms with E-state index in [1.54, 1.807) is 0 Å². The Morgan fingerprint density at radius 1 is 0.721 bits per heavy atom. The predicted molar refractivity (Wildman–Crippen MR) is 179 cm³/mol. The second kappa shape index (κ2) is 12.2. The van der Waals surface area contributed by atoms with Crippen molar-refractivity contribution in [3.05, 3.63) is 184 Å². The van der Waals surface area contributed by atoms with E-state index in [-0.39, 0.29) is 6.10 Å². The van der Waals surface area contributed by atoms with Crippen LogP contribution in [0, 0.1) is 0 Å². The van der Waals surface area contributed by atoms with Crippen molar-refractivity contribution in [2.24, 2.45) is 0 Å². The van der Waals surface area contributed by atoms with E-state index in [0.29, 0.717) is 0 Å². The Bertz CT molecular complexity index is 1840. The van der Waals surface area contributed by atoms with Crippen LogP contribution in [0.4, 0.5) is 0 Å². The minimum absolute atomic E-state index is 0.00942. The molecule has 0 fully saturated rings. The fraction of sp³-hybridized carbons (Fsp3) is 0.100. The highest BCUT2D eigenvalue weighted by Crippen LogP contribution is 2.41. The first-order valence-corrected chi connectivity index (χ1v) is 15.2. The van der Waals surface area contributed by atoms with Crippen molar-refractivity contribution in [2.75, 3.05) is 0 Å². The van der Waals surface area contributed by atoms with Crippen LogP contribution in [-0.4, -0.2) is 4.74 Å². The van der Waals surface area contributed by atoms with Crippen LogP contribution in [0.1, 0.15) is 47.6 Å². The zero-order valence-electron chi connectivity index (χ0n) is 23.8. The molecule has 1 unspecified atom stereocenters. The molecule has 4 aromatic carbocycles. The van der Waals surface area contributed by atoms with E-state index in [2.05, 4.69) is 109 Å². The lowest BCUT2D eigenvalue weighted by molar-refractivity contribution is 0.0128. The molecule has 1 N–H and O–H groups in total. The molecule has 0 saturated carbocycles. The molecule has 210 valence electrons. The van der Waals surface area contributed by atoms with Gasteiger partial charge in [0.2, 0.25) is 6.10 Å². The molecular weight excluding hydrogens is 548 g/mol. The van der Waals surface area contributed by atoms with E-state index < -0.39 is 0 Å². The number of rotatable bonds is 5. The van der Waals surface area contributed by atoms with E-state index in [4.69, 9.17) is 21.1 Å². The molecule has 0 radical (unpaired) electrons. The van der Waals surface area contributed by atoms with E-state index >= 15 is 0 Å². The Balaban J connectivity index is 1.21. The normalized spacial score (nSPS) is 19.8. The van der Waals surface area contributed by atoms with Gasteiger partial charge < -0.3 is 9.47 Å². The summed E-state index contributed by atoms with van der Waals surface area (Å²) in [6, 6.07) is 37.3. The van der Waals surface area contributed by atoms with Gasteiger partial charge in [-0.1, -0.05) is 115 Å². The van der Waals surface area contributed by atoms with Gasteiger partial charge in [0.1, 0.15) is 11.5 Å². The smallest absolute Gasteiger partial charge is 0.263 e. The number of hydrogen-bond donors (Lipinski definition) is 0. The third-order valence-electron chi connectivity index (χ3n) is 8.12. The van der Waals surface area contributed by atoms with Crippen molar-refractivity contribution >= 4 is 28.5 Å². The van der Waals surface area contributed by atoms with Gasteiger partial charge in [-0.2, -0.15) is 0 Å². The second-order valence-corrected chi connectivity index (χ2v) is 11.3. The second-order valence-electron chi connectivity index (χ2n) is 10.9. The number of para-hydroxylation sites is 2. The number of ether oxygens (including phenoxy) is 2. The van der Waals surface area contributed by atoms with Crippen molar-refractivity contribution in [3.8, 4) is 11.5 Å². The summed E-state index contributed by atoms with van der Waals surface area (Å²) in [5.74, 6) is 2.73. The number of aromatic hydroxyl groups is 1. The van der Waals surface area contributed by atoms with Gasteiger partial charge in [-0.25, -0.2) is 0 Å². The molecule has 0 spiro atoms. The van der Waals surface area contributed by atoms with Gasteiger partial charge in [-0.15, -0.1) is 0 Å². The number of fused-ring (bicyclic) bond motifs is 2. The highest BCUT2D eigenvalue weighted by Gasteiger charge is 2.25. The molecule has 3 heteroatoms. The monoisotopic (exact) mass is 579 g/mol. The summed E-state index contributed by atoms with van der Waals surface area (Å²) in [6.07, 6.45) is 16.1. The van der Waals surface area contributed by atoms with E-state index in [1.807, 2.05) is 36.4 Å². The Kier molecular flexibility index (Phi) is 7.69. The van der Waals surface area contributed by atoms with E-state index in [0.717, 1.165) is 69.4 Å². The largest absolute Gasteiger partial charge is 0.574 e. The number of allylic oxidation sites excluding steroid dienone is 10. The molecule has 4 aromatic rings. The lowest BCUT2D eigenvalue weighted by Crippen LogP contribution is -2.08. The summed E-state index contributed by atoms with van der Waals surface area (Å²) in [4.78, 5) is 0.